The van der Waals surface area contributed by atoms with Crippen LogP contribution in [-0.4, -0.2) is 29.9 Å². The molecule has 0 radical (unpaired) electrons. The van der Waals surface area contributed by atoms with Crippen molar-refractivity contribution in [1.29, 1.82) is 0 Å². The second kappa shape index (κ2) is 6.33. The summed E-state index contributed by atoms with van der Waals surface area (Å²) in [5, 5.41) is 7.95. The third-order valence-electron chi connectivity index (χ3n) is 2.37. The minimum absolute atomic E-state index is 0.160. The molecule has 6 nitrogen and oxygen atoms in total. The van der Waals surface area contributed by atoms with Crippen molar-refractivity contribution in [3.8, 4) is 16.7 Å². The van der Waals surface area contributed by atoms with Gasteiger partial charge in [-0.1, -0.05) is 11.2 Å². The Labute approximate surface area is 120 Å². The molecule has 1 aromatic heterocycles. The van der Waals surface area contributed by atoms with Crippen LogP contribution in [0.25, 0.3) is 0 Å². The van der Waals surface area contributed by atoms with Gasteiger partial charge in [0, 0.05) is 0 Å². The molecule has 106 valence electrons. The Bertz CT molecular complexity index is 612. The van der Waals surface area contributed by atoms with Crippen LogP contribution in [0.1, 0.15) is 22.3 Å². The maximum Gasteiger partial charge on any atom is 0.369 e. The minimum atomic E-state index is -0.504. The molecule has 2 aromatic rings. The van der Waals surface area contributed by atoms with Gasteiger partial charge in [0.2, 0.25) is 5.01 Å². The zero-order valence-corrected chi connectivity index (χ0v) is 12.2. The molecule has 1 aromatic carbocycles. The van der Waals surface area contributed by atoms with E-state index in [1.165, 1.54) is 0 Å². The fourth-order valence-electron chi connectivity index (χ4n) is 1.48. The molecule has 0 aliphatic rings. The highest BCUT2D eigenvalue weighted by molar-refractivity contribution is 7.14. The van der Waals surface area contributed by atoms with Crippen LogP contribution >= 0.6 is 11.3 Å². The summed E-state index contributed by atoms with van der Waals surface area (Å²) in [6.07, 6.45) is 0. The van der Waals surface area contributed by atoms with Crippen LogP contribution < -0.4 is 9.47 Å². The maximum atomic E-state index is 11.5. The molecule has 0 amide bonds. The molecule has 0 saturated heterocycles. The quantitative estimate of drug-likeness (QED) is 0.790. The number of aryl methyl sites for hydroxylation is 1. The molecule has 0 aliphatic heterocycles. The predicted octanol–water partition coefficient (Wildman–Crippen LogP) is 2.82. The number of hydrogen-bond donors (Lipinski definition) is 0. The van der Waals surface area contributed by atoms with E-state index in [0.717, 1.165) is 16.9 Å². The third kappa shape index (κ3) is 3.24. The van der Waals surface area contributed by atoms with Crippen molar-refractivity contribution in [3.63, 3.8) is 0 Å². The van der Waals surface area contributed by atoms with E-state index in [1.807, 2.05) is 19.1 Å². The Morgan fingerprint density at radius 3 is 2.80 bits per heavy atom. The van der Waals surface area contributed by atoms with Crippen LogP contribution in [-0.2, 0) is 4.74 Å². The molecular formula is C13H14N2O4S. The first-order valence-corrected chi connectivity index (χ1v) is 6.78. The van der Waals surface area contributed by atoms with Crippen molar-refractivity contribution in [2.45, 2.75) is 13.8 Å². The summed E-state index contributed by atoms with van der Waals surface area (Å²) in [6.45, 7) is 3.98. The average Bonchev–Trinajstić information content (AvgIpc) is 2.89. The van der Waals surface area contributed by atoms with E-state index in [0.29, 0.717) is 18.1 Å². The van der Waals surface area contributed by atoms with E-state index >= 15 is 0 Å². The van der Waals surface area contributed by atoms with Crippen molar-refractivity contribution in [2.75, 3.05) is 13.7 Å². The first-order valence-electron chi connectivity index (χ1n) is 5.97. The smallest absolute Gasteiger partial charge is 0.369 e. The van der Waals surface area contributed by atoms with Gasteiger partial charge in [0.05, 0.1) is 13.7 Å². The molecule has 0 N–H and O–H groups in total. The van der Waals surface area contributed by atoms with Crippen LogP contribution in [0.15, 0.2) is 18.2 Å². The molecule has 7 heteroatoms. The average molecular weight is 294 g/mol. The van der Waals surface area contributed by atoms with E-state index in [-0.39, 0.29) is 10.2 Å². The van der Waals surface area contributed by atoms with Gasteiger partial charge < -0.3 is 14.2 Å². The van der Waals surface area contributed by atoms with Crippen LogP contribution in [0.4, 0.5) is 0 Å². The van der Waals surface area contributed by atoms with Gasteiger partial charge in [0.25, 0.3) is 5.19 Å². The van der Waals surface area contributed by atoms with Gasteiger partial charge in [-0.3, -0.25) is 0 Å². The number of methoxy groups -OCH3 is 1. The zero-order chi connectivity index (χ0) is 14.5. The normalized spacial score (nSPS) is 10.2. The topological polar surface area (TPSA) is 70.5 Å². The second-order valence-corrected chi connectivity index (χ2v) is 4.79. The Hall–Kier alpha value is -2.15. The molecule has 0 aliphatic carbocycles. The monoisotopic (exact) mass is 294 g/mol. The molecule has 2 rings (SSSR count). The first-order chi connectivity index (χ1) is 9.63. The lowest BCUT2D eigenvalue weighted by Gasteiger charge is -2.08. The summed E-state index contributed by atoms with van der Waals surface area (Å²) >= 11 is 1.02. The number of rotatable bonds is 5. The third-order valence-corrected chi connectivity index (χ3v) is 3.15. The van der Waals surface area contributed by atoms with Crippen LogP contribution in [0.2, 0.25) is 0 Å². The van der Waals surface area contributed by atoms with Crippen molar-refractivity contribution in [1.82, 2.24) is 10.2 Å². The lowest BCUT2D eigenvalue weighted by atomic mass is 10.2. The largest absolute Gasteiger partial charge is 0.493 e. The van der Waals surface area contributed by atoms with Gasteiger partial charge in [-0.05, 0) is 42.9 Å². The highest BCUT2D eigenvalue weighted by Gasteiger charge is 2.16. The van der Waals surface area contributed by atoms with Gasteiger partial charge in [-0.2, -0.15) is 0 Å². The summed E-state index contributed by atoms with van der Waals surface area (Å²) < 4.78 is 15.6. The number of esters is 1. The highest BCUT2D eigenvalue weighted by atomic mass is 32.1. The Balaban J connectivity index is 2.16. The lowest BCUT2D eigenvalue weighted by Crippen LogP contribution is -2.03. The molecular weight excluding hydrogens is 280 g/mol. The van der Waals surface area contributed by atoms with Crippen LogP contribution in [0, 0.1) is 6.92 Å². The molecule has 0 atom stereocenters. The SMILES string of the molecule is CCOC(=O)c1nnc(Oc2ccc(C)cc2OC)s1. The highest BCUT2D eigenvalue weighted by Crippen LogP contribution is 2.33. The molecule has 0 saturated carbocycles. The molecule has 0 spiro atoms. The van der Waals surface area contributed by atoms with Crippen molar-refractivity contribution < 1.29 is 19.0 Å². The first kappa shape index (κ1) is 14.3. The van der Waals surface area contributed by atoms with Crippen LogP contribution in [0.5, 0.6) is 16.7 Å². The Kier molecular flexibility index (Phi) is 4.52. The number of carbonyl (C=O) groups excluding carboxylic acids is 1. The zero-order valence-electron chi connectivity index (χ0n) is 11.4. The number of ether oxygens (including phenoxy) is 3. The van der Waals surface area contributed by atoms with E-state index in [4.69, 9.17) is 14.2 Å². The van der Waals surface area contributed by atoms with E-state index < -0.39 is 5.97 Å². The number of benzene rings is 1. The van der Waals surface area contributed by atoms with Crippen molar-refractivity contribution in [2.24, 2.45) is 0 Å². The molecule has 0 bridgehead atoms. The summed E-state index contributed by atoms with van der Waals surface area (Å²) in [5.41, 5.74) is 1.05. The van der Waals surface area contributed by atoms with Crippen molar-refractivity contribution >= 4 is 17.3 Å². The van der Waals surface area contributed by atoms with Crippen LogP contribution in [0.3, 0.4) is 0 Å². The number of aromatic nitrogens is 2. The molecule has 20 heavy (non-hydrogen) atoms. The van der Waals surface area contributed by atoms with Gasteiger partial charge >= 0.3 is 5.97 Å². The van der Waals surface area contributed by atoms with E-state index in [9.17, 15) is 4.79 Å². The lowest BCUT2D eigenvalue weighted by molar-refractivity contribution is 0.0525. The Morgan fingerprint density at radius 1 is 1.30 bits per heavy atom. The standard InChI is InChI=1S/C13H14N2O4S/c1-4-18-12(16)11-14-15-13(20-11)19-9-6-5-8(2)7-10(9)17-3/h5-7H,4H2,1-3H3. The van der Waals surface area contributed by atoms with Gasteiger partial charge in [-0.15, -0.1) is 5.10 Å². The fourth-order valence-corrected chi connectivity index (χ4v) is 2.08. The summed E-state index contributed by atoms with van der Waals surface area (Å²) in [7, 11) is 1.56. The van der Waals surface area contributed by atoms with Gasteiger partial charge in [0.1, 0.15) is 0 Å². The fraction of sp³-hybridized carbons (Fsp3) is 0.308. The van der Waals surface area contributed by atoms with Gasteiger partial charge in [-0.25, -0.2) is 4.79 Å². The summed E-state index contributed by atoms with van der Waals surface area (Å²) in [5.74, 6) is 0.610. The van der Waals surface area contributed by atoms with E-state index in [1.54, 1.807) is 20.1 Å². The number of carbonyl (C=O) groups is 1. The van der Waals surface area contributed by atoms with E-state index in [2.05, 4.69) is 10.2 Å². The molecule has 0 unspecified atom stereocenters. The second-order valence-electron chi connectivity index (χ2n) is 3.85. The minimum Gasteiger partial charge on any atom is -0.493 e. The molecule has 0 fully saturated rings. The molecule has 1 heterocycles. The predicted molar refractivity (Wildman–Crippen MR) is 73.7 cm³/mol. The maximum absolute atomic E-state index is 11.5. The summed E-state index contributed by atoms with van der Waals surface area (Å²) in [6, 6.07) is 5.52. The number of hydrogen-bond acceptors (Lipinski definition) is 7. The van der Waals surface area contributed by atoms with Crippen molar-refractivity contribution in [3.05, 3.63) is 28.8 Å². The Morgan fingerprint density at radius 2 is 2.10 bits per heavy atom. The summed E-state index contributed by atoms with van der Waals surface area (Å²) in [4.78, 5) is 11.5. The number of nitrogens with zero attached hydrogens (tertiary/aromatic N) is 2. The van der Waals surface area contributed by atoms with Gasteiger partial charge in [0.15, 0.2) is 11.5 Å².